The molecule has 2 aromatic carbocycles. The van der Waals surface area contributed by atoms with Crippen LogP contribution in [-0.4, -0.2) is 92.7 Å². The maximum absolute atomic E-state index is 12.3. The Hall–Kier alpha value is -3.78. The number of carbonyl (C=O) groups is 1. The average molecular weight is 567 g/mol. The van der Waals surface area contributed by atoms with Crippen LogP contribution in [0.4, 0.5) is 17.1 Å². The zero-order chi connectivity index (χ0) is 28.8. The summed E-state index contributed by atoms with van der Waals surface area (Å²) in [6.07, 6.45) is 4.75. The maximum atomic E-state index is 12.3. The molecule has 3 aromatic rings. The minimum absolute atomic E-state index is 0.0169. The number of likely N-dealkylation sites (tertiary alicyclic amines) is 1. The van der Waals surface area contributed by atoms with Crippen LogP contribution in [0.2, 0.25) is 0 Å². The molecule has 0 N–H and O–H groups in total. The lowest BCUT2D eigenvalue weighted by atomic mass is 9.97. The van der Waals surface area contributed by atoms with Gasteiger partial charge in [-0.1, -0.05) is 36.9 Å². The Morgan fingerprint density at radius 1 is 0.976 bits per heavy atom. The van der Waals surface area contributed by atoms with Crippen molar-refractivity contribution in [2.75, 3.05) is 80.7 Å². The molecule has 0 spiro atoms. The highest BCUT2D eigenvalue weighted by atomic mass is 16.5. The van der Waals surface area contributed by atoms with Crippen LogP contribution >= 0.6 is 0 Å². The summed E-state index contributed by atoms with van der Waals surface area (Å²) >= 11 is 0. The van der Waals surface area contributed by atoms with Gasteiger partial charge >= 0.3 is 0 Å². The number of benzene rings is 2. The molecule has 8 nitrogen and oxygen atoms in total. The molecule has 4 aliphatic heterocycles. The second-order valence-electron chi connectivity index (χ2n) is 12.3. The third kappa shape index (κ3) is 4.96. The molecular formula is C34H42N6O2. The molecule has 0 aliphatic carbocycles. The van der Waals surface area contributed by atoms with Gasteiger partial charge in [0.25, 0.3) is 0 Å². The summed E-state index contributed by atoms with van der Waals surface area (Å²) in [5.74, 6) is 0.797. The molecule has 7 rings (SSSR count). The number of nitrogens with zero attached hydrogens (tertiary/aromatic N) is 6. The Bertz CT molecular complexity index is 1500. The Balaban J connectivity index is 1.27. The fourth-order valence-corrected chi connectivity index (χ4v) is 7.14. The molecule has 8 heteroatoms. The SMILES string of the molecule is C=CC(=O)N1CCN(c2c3c(nc(OC[C@@H]4CCCN4C)c2N2CC2)CN(c2cccc4cccc(C)c24)CC3)CC1. The van der Waals surface area contributed by atoms with Crippen LogP contribution in [0.3, 0.4) is 0 Å². The first kappa shape index (κ1) is 27.1. The maximum Gasteiger partial charge on any atom is 0.246 e. The molecule has 1 atom stereocenters. The molecule has 3 saturated heterocycles. The summed E-state index contributed by atoms with van der Waals surface area (Å²) in [6.45, 7) is 14.5. The van der Waals surface area contributed by atoms with Crippen molar-refractivity contribution in [3.8, 4) is 5.88 Å². The van der Waals surface area contributed by atoms with E-state index in [1.807, 2.05) is 4.90 Å². The van der Waals surface area contributed by atoms with E-state index >= 15 is 0 Å². The Labute approximate surface area is 249 Å². The first-order valence-corrected chi connectivity index (χ1v) is 15.5. The number of aromatic nitrogens is 1. The van der Waals surface area contributed by atoms with E-state index in [1.54, 1.807) is 0 Å². The summed E-state index contributed by atoms with van der Waals surface area (Å²) in [5, 5.41) is 2.61. The third-order valence-corrected chi connectivity index (χ3v) is 9.63. The number of ether oxygens (including phenoxy) is 1. The number of fused-ring (bicyclic) bond motifs is 2. The van der Waals surface area contributed by atoms with Gasteiger partial charge in [-0.05, 0) is 62.9 Å². The van der Waals surface area contributed by atoms with Gasteiger partial charge in [0.2, 0.25) is 11.8 Å². The van der Waals surface area contributed by atoms with Gasteiger partial charge in [-0.2, -0.15) is 0 Å². The quantitative estimate of drug-likeness (QED) is 0.313. The molecule has 0 bridgehead atoms. The third-order valence-electron chi connectivity index (χ3n) is 9.63. The number of amides is 1. The average Bonchev–Trinajstić information content (AvgIpc) is 3.78. The molecule has 0 radical (unpaired) electrons. The Morgan fingerprint density at radius 3 is 2.43 bits per heavy atom. The van der Waals surface area contributed by atoms with E-state index < -0.39 is 0 Å². The standard InChI is InChI=1S/C34H42N6O2/c1-4-30(41)37-16-18-38(19-17-37)32-27-13-15-40(29-12-6-10-25-9-5-8-24(2)31(25)29)22-28(27)35-34(33(32)39-20-21-39)42-23-26-11-7-14-36(26)3/h4-6,8-10,12,26H,1,7,11,13-23H2,2-3H3/t26-/m0/s1. The number of rotatable bonds is 7. The second-order valence-corrected chi connectivity index (χ2v) is 12.3. The smallest absolute Gasteiger partial charge is 0.246 e. The molecule has 0 saturated carbocycles. The van der Waals surface area contributed by atoms with Gasteiger partial charge in [0.05, 0.1) is 17.9 Å². The fraction of sp³-hybridized carbons (Fsp3) is 0.471. The highest BCUT2D eigenvalue weighted by molar-refractivity contribution is 5.97. The minimum Gasteiger partial charge on any atom is -0.474 e. The van der Waals surface area contributed by atoms with Crippen molar-refractivity contribution in [2.24, 2.45) is 0 Å². The van der Waals surface area contributed by atoms with E-state index in [-0.39, 0.29) is 5.91 Å². The number of carbonyl (C=O) groups excluding carboxylic acids is 1. The van der Waals surface area contributed by atoms with Gasteiger partial charge in [-0.15, -0.1) is 0 Å². The lowest BCUT2D eigenvalue weighted by Gasteiger charge is -2.40. The predicted octanol–water partition coefficient (Wildman–Crippen LogP) is 4.23. The largest absolute Gasteiger partial charge is 0.474 e. The summed E-state index contributed by atoms with van der Waals surface area (Å²) in [4.78, 5) is 29.4. The van der Waals surface area contributed by atoms with E-state index in [4.69, 9.17) is 9.72 Å². The highest BCUT2D eigenvalue weighted by Crippen LogP contribution is 2.46. The molecule has 4 aliphatic rings. The zero-order valence-corrected chi connectivity index (χ0v) is 25.0. The number of aryl methyl sites for hydroxylation is 1. The van der Waals surface area contributed by atoms with Crippen molar-refractivity contribution in [3.63, 3.8) is 0 Å². The molecule has 1 aromatic heterocycles. The number of piperazine rings is 1. The van der Waals surface area contributed by atoms with E-state index in [0.717, 1.165) is 69.5 Å². The van der Waals surface area contributed by atoms with Crippen LogP contribution in [0, 0.1) is 6.92 Å². The molecule has 3 fully saturated rings. The van der Waals surface area contributed by atoms with Crippen LogP contribution in [0.15, 0.2) is 49.1 Å². The van der Waals surface area contributed by atoms with Crippen molar-refractivity contribution in [1.82, 2.24) is 14.8 Å². The predicted molar refractivity (Wildman–Crippen MR) is 170 cm³/mol. The molecular weight excluding hydrogens is 524 g/mol. The number of hydrogen-bond acceptors (Lipinski definition) is 7. The molecule has 220 valence electrons. The topological polar surface area (TPSA) is 55.2 Å². The van der Waals surface area contributed by atoms with Crippen LogP contribution in [0.5, 0.6) is 5.88 Å². The van der Waals surface area contributed by atoms with Crippen molar-refractivity contribution in [2.45, 2.75) is 38.8 Å². The van der Waals surface area contributed by atoms with Gasteiger partial charge < -0.3 is 29.2 Å². The van der Waals surface area contributed by atoms with E-state index in [9.17, 15) is 4.79 Å². The van der Waals surface area contributed by atoms with Crippen molar-refractivity contribution in [1.29, 1.82) is 0 Å². The summed E-state index contributed by atoms with van der Waals surface area (Å²) < 4.78 is 6.68. The Kier molecular flexibility index (Phi) is 7.18. The molecule has 0 unspecified atom stereocenters. The normalized spacial score (nSPS) is 20.7. The Morgan fingerprint density at radius 2 is 1.71 bits per heavy atom. The number of pyridine rings is 1. The fourth-order valence-electron chi connectivity index (χ4n) is 7.14. The second kappa shape index (κ2) is 11.1. The minimum atomic E-state index is 0.0169. The summed E-state index contributed by atoms with van der Waals surface area (Å²) in [6, 6.07) is 13.6. The lowest BCUT2D eigenvalue weighted by molar-refractivity contribution is -0.126. The van der Waals surface area contributed by atoms with Crippen molar-refractivity contribution >= 4 is 33.7 Å². The van der Waals surface area contributed by atoms with Gasteiger partial charge in [-0.25, -0.2) is 4.98 Å². The van der Waals surface area contributed by atoms with Crippen LogP contribution in [0.25, 0.3) is 10.8 Å². The summed E-state index contributed by atoms with van der Waals surface area (Å²) in [7, 11) is 2.20. The monoisotopic (exact) mass is 566 g/mol. The molecule has 5 heterocycles. The van der Waals surface area contributed by atoms with Crippen LogP contribution in [-0.2, 0) is 17.8 Å². The van der Waals surface area contributed by atoms with Crippen molar-refractivity contribution < 1.29 is 9.53 Å². The molecule has 42 heavy (non-hydrogen) atoms. The molecule has 1 amide bonds. The number of anilines is 3. The van der Waals surface area contributed by atoms with E-state index in [1.165, 1.54) is 52.2 Å². The first-order valence-electron chi connectivity index (χ1n) is 15.5. The highest BCUT2D eigenvalue weighted by Gasteiger charge is 2.36. The van der Waals surface area contributed by atoms with Gasteiger partial charge in [0, 0.05) is 68.5 Å². The van der Waals surface area contributed by atoms with E-state index in [2.05, 4.69) is 76.5 Å². The van der Waals surface area contributed by atoms with E-state index in [0.29, 0.717) is 25.7 Å². The first-order chi connectivity index (χ1) is 20.5. The lowest BCUT2D eigenvalue weighted by Crippen LogP contribution is -2.49. The van der Waals surface area contributed by atoms with Crippen molar-refractivity contribution in [3.05, 3.63) is 65.9 Å². The van der Waals surface area contributed by atoms with Crippen LogP contribution < -0.4 is 19.4 Å². The van der Waals surface area contributed by atoms with Gasteiger partial charge in [0.15, 0.2) is 0 Å². The van der Waals surface area contributed by atoms with Crippen LogP contribution in [0.1, 0.15) is 29.7 Å². The number of likely N-dealkylation sites (N-methyl/N-ethyl adjacent to an activating group) is 1. The van der Waals surface area contributed by atoms with Gasteiger partial charge in [-0.3, -0.25) is 4.79 Å². The summed E-state index contributed by atoms with van der Waals surface area (Å²) in [5.41, 5.74) is 7.49. The van der Waals surface area contributed by atoms with Gasteiger partial charge in [0.1, 0.15) is 12.3 Å². The number of hydrogen-bond donors (Lipinski definition) is 0. The zero-order valence-electron chi connectivity index (χ0n) is 25.0.